The maximum Gasteiger partial charge on any atom is 0.149 e. The molecule has 4 heterocycles. The van der Waals surface area contributed by atoms with Gasteiger partial charge in [-0.05, 0) is 72.8 Å². The van der Waals surface area contributed by atoms with Crippen LogP contribution in [0.3, 0.4) is 0 Å². The molecule has 13 aromatic rings. The van der Waals surface area contributed by atoms with E-state index >= 15 is 0 Å². The van der Waals surface area contributed by atoms with Crippen molar-refractivity contribution in [1.29, 1.82) is 0 Å². The Morgan fingerprint density at radius 2 is 0.600 bits per heavy atom. The van der Waals surface area contributed by atoms with E-state index in [1.807, 2.05) is 0 Å². The predicted molar refractivity (Wildman–Crippen MR) is 250 cm³/mol. The summed E-state index contributed by atoms with van der Waals surface area (Å²) in [4.78, 5) is 5.64. The standard InChI is InChI=1S/C55H35N5/c1-2-18-36(19-3-1)58-51-33-17-10-26-44(51)56-55(58)54-52(59-47-29-13-6-22-40(47)41-23-7-14-30-48(41)59)34-37(57-45-27-11-4-20-38(45)39-21-5-12-28-46(39)57)35-53(54)60-49-31-15-8-24-42(49)43-25-9-16-32-50(43)60/h1-35H. The fraction of sp³-hybridized carbons (Fsp3) is 0. The third-order valence-corrected chi connectivity index (χ3v) is 12.4. The molecule has 0 N–H and O–H groups in total. The largest absolute Gasteiger partial charge is 0.309 e. The van der Waals surface area contributed by atoms with Gasteiger partial charge in [-0.15, -0.1) is 0 Å². The van der Waals surface area contributed by atoms with Gasteiger partial charge in [-0.2, -0.15) is 0 Å². The quantitative estimate of drug-likeness (QED) is 0.172. The number of nitrogens with zero attached hydrogens (tertiary/aromatic N) is 5. The zero-order chi connectivity index (χ0) is 39.3. The molecule has 0 aliphatic carbocycles. The molecule has 0 aliphatic heterocycles. The number of hydrogen-bond donors (Lipinski definition) is 0. The van der Waals surface area contributed by atoms with E-state index in [2.05, 4.69) is 231 Å². The normalized spacial score (nSPS) is 12.0. The number of aromatic nitrogens is 5. The highest BCUT2D eigenvalue weighted by Gasteiger charge is 2.28. The molecule has 0 aliphatic rings. The van der Waals surface area contributed by atoms with Crippen LogP contribution in [-0.4, -0.2) is 23.3 Å². The van der Waals surface area contributed by atoms with Crippen LogP contribution in [0.5, 0.6) is 0 Å². The van der Waals surface area contributed by atoms with E-state index in [-0.39, 0.29) is 0 Å². The van der Waals surface area contributed by atoms with E-state index in [4.69, 9.17) is 4.98 Å². The number of benzene rings is 9. The highest BCUT2D eigenvalue weighted by atomic mass is 15.1. The van der Waals surface area contributed by atoms with Crippen molar-refractivity contribution in [3.05, 3.63) is 212 Å². The van der Waals surface area contributed by atoms with Gasteiger partial charge in [0.2, 0.25) is 0 Å². The molecule has 5 nitrogen and oxygen atoms in total. The topological polar surface area (TPSA) is 32.6 Å². The highest BCUT2D eigenvalue weighted by Crippen LogP contribution is 2.45. The van der Waals surface area contributed by atoms with Crippen LogP contribution in [0.15, 0.2) is 212 Å². The summed E-state index contributed by atoms with van der Waals surface area (Å²) in [6.45, 7) is 0. The minimum atomic E-state index is 0.866. The maximum atomic E-state index is 5.64. The lowest BCUT2D eigenvalue weighted by Crippen LogP contribution is -2.09. The molecule has 0 atom stereocenters. The molecule has 0 fully saturated rings. The number of imidazole rings is 1. The second-order valence-corrected chi connectivity index (χ2v) is 15.6. The number of para-hydroxylation sites is 9. The van der Waals surface area contributed by atoms with E-state index in [1.165, 1.54) is 32.3 Å². The first kappa shape index (κ1) is 32.9. The second-order valence-electron chi connectivity index (χ2n) is 15.6. The Kier molecular flexibility index (Phi) is 6.95. The Hall–Kier alpha value is -8.15. The molecular weight excluding hydrogens is 731 g/mol. The molecule has 60 heavy (non-hydrogen) atoms. The predicted octanol–water partition coefficient (Wildman–Crippen LogP) is 14.0. The van der Waals surface area contributed by atoms with Gasteiger partial charge in [0.15, 0.2) is 0 Å². The molecule has 13 rings (SSSR count). The molecule has 0 unspecified atom stereocenters. The lowest BCUT2D eigenvalue weighted by atomic mass is 10.1. The van der Waals surface area contributed by atoms with Crippen molar-refractivity contribution in [1.82, 2.24) is 23.3 Å². The van der Waals surface area contributed by atoms with Crippen LogP contribution in [0.4, 0.5) is 0 Å². The first-order valence-electron chi connectivity index (χ1n) is 20.5. The highest BCUT2D eigenvalue weighted by molar-refractivity contribution is 6.13. The molecule has 9 aromatic carbocycles. The third kappa shape index (κ3) is 4.60. The average molecular weight is 766 g/mol. The van der Waals surface area contributed by atoms with Crippen LogP contribution < -0.4 is 0 Å². The number of rotatable bonds is 5. The Balaban J connectivity index is 1.31. The summed E-state index contributed by atoms with van der Waals surface area (Å²) < 4.78 is 9.75. The van der Waals surface area contributed by atoms with Gasteiger partial charge in [-0.3, -0.25) is 4.57 Å². The third-order valence-electron chi connectivity index (χ3n) is 12.4. The van der Waals surface area contributed by atoms with Gasteiger partial charge in [0.05, 0.1) is 66.8 Å². The van der Waals surface area contributed by atoms with Crippen LogP contribution in [0, 0.1) is 0 Å². The Bertz CT molecular complexity index is 3540. The lowest BCUT2D eigenvalue weighted by molar-refractivity contribution is 1.06. The summed E-state index contributed by atoms with van der Waals surface area (Å²) in [7, 11) is 0. The summed E-state index contributed by atoms with van der Waals surface area (Å²) in [6, 6.07) is 76.8. The van der Waals surface area contributed by atoms with Crippen molar-refractivity contribution in [3.8, 4) is 34.1 Å². The monoisotopic (exact) mass is 765 g/mol. The van der Waals surface area contributed by atoms with Crippen LogP contribution in [0.2, 0.25) is 0 Å². The van der Waals surface area contributed by atoms with Gasteiger partial charge < -0.3 is 13.7 Å². The summed E-state index contributed by atoms with van der Waals surface area (Å²) in [5.74, 6) is 0.866. The molecule has 0 saturated carbocycles. The maximum absolute atomic E-state index is 5.64. The number of fused-ring (bicyclic) bond motifs is 10. The molecule has 0 saturated heterocycles. The fourth-order valence-electron chi connectivity index (χ4n) is 9.91. The van der Waals surface area contributed by atoms with Crippen LogP contribution >= 0.6 is 0 Å². The van der Waals surface area contributed by atoms with Crippen molar-refractivity contribution in [2.45, 2.75) is 0 Å². The van der Waals surface area contributed by atoms with E-state index in [1.54, 1.807) is 0 Å². The second kappa shape index (κ2) is 12.7. The van der Waals surface area contributed by atoms with Crippen molar-refractivity contribution in [2.75, 3.05) is 0 Å². The van der Waals surface area contributed by atoms with Gasteiger partial charge in [0, 0.05) is 38.0 Å². The van der Waals surface area contributed by atoms with Gasteiger partial charge in [-0.1, -0.05) is 140 Å². The van der Waals surface area contributed by atoms with Crippen molar-refractivity contribution in [2.24, 2.45) is 0 Å². The van der Waals surface area contributed by atoms with E-state index in [0.717, 1.165) is 78.3 Å². The van der Waals surface area contributed by atoms with Crippen LogP contribution in [0.25, 0.3) is 111 Å². The Morgan fingerprint density at radius 3 is 1.02 bits per heavy atom. The molecular formula is C55H35N5. The fourth-order valence-corrected chi connectivity index (χ4v) is 9.91. The molecule has 0 bridgehead atoms. The summed E-state index contributed by atoms with van der Waals surface area (Å²) in [5.41, 5.74) is 14.0. The zero-order valence-corrected chi connectivity index (χ0v) is 32.4. The Labute approximate surface area is 344 Å². The smallest absolute Gasteiger partial charge is 0.149 e. The molecule has 0 spiro atoms. The van der Waals surface area contributed by atoms with Crippen molar-refractivity contribution < 1.29 is 0 Å². The Morgan fingerprint density at radius 1 is 0.267 bits per heavy atom. The summed E-state index contributed by atoms with van der Waals surface area (Å²) in [6.07, 6.45) is 0. The van der Waals surface area contributed by atoms with E-state index < -0.39 is 0 Å². The van der Waals surface area contributed by atoms with E-state index in [9.17, 15) is 0 Å². The lowest BCUT2D eigenvalue weighted by Gasteiger charge is -2.23. The van der Waals surface area contributed by atoms with Crippen molar-refractivity contribution >= 4 is 76.5 Å². The minimum Gasteiger partial charge on any atom is -0.309 e. The molecule has 280 valence electrons. The van der Waals surface area contributed by atoms with Crippen LogP contribution in [-0.2, 0) is 0 Å². The molecule has 0 radical (unpaired) electrons. The van der Waals surface area contributed by atoms with Gasteiger partial charge in [0.1, 0.15) is 5.82 Å². The first-order valence-corrected chi connectivity index (χ1v) is 20.5. The van der Waals surface area contributed by atoms with Gasteiger partial charge in [-0.25, -0.2) is 4.98 Å². The average Bonchev–Trinajstić information content (AvgIpc) is 4.05. The number of hydrogen-bond acceptors (Lipinski definition) is 1. The SMILES string of the molecule is c1ccc(-n2c(-c3c(-n4c5ccccc5c5ccccc54)cc(-n4c5ccccc5c5ccccc54)cc3-n3c4ccccc4c4ccccc43)nc3ccccc32)cc1. The van der Waals surface area contributed by atoms with Crippen LogP contribution in [0.1, 0.15) is 0 Å². The molecule has 4 aromatic heterocycles. The van der Waals surface area contributed by atoms with E-state index in [0.29, 0.717) is 0 Å². The minimum absolute atomic E-state index is 0.866. The summed E-state index contributed by atoms with van der Waals surface area (Å²) in [5, 5.41) is 7.26. The first-order chi connectivity index (χ1) is 29.8. The van der Waals surface area contributed by atoms with Gasteiger partial charge in [0.25, 0.3) is 0 Å². The zero-order valence-electron chi connectivity index (χ0n) is 32.4. The molecule has 5 heteroatoms. The van der Waals surface area contributed by atoms with Gasteiger partial charge >= 0.3 is 0 Å². The summed E-state index contributed by atoms with van der Waals surface area (Å²) >= 11 is 0. The van der Waals surface area contributed by atoms with Crippen molar-refractivity contribution in [3.63, 3.8) is 0 Å². The molecule has 0 amide bonds.